The number of nitrogens with one attached hydrogen (secondary N) is 1. The number of piperazine rings is 1. The van der Waals surface area contributed by atoms with Gasteiger partial charge in [0.15, 0.2) is 5.96 Å². The van der Waals surface area contributed by atoms with E-state index in [9.17, 15) is 0 Å². The topological polar surface area (TPSA) is 69.8 Å². The van der Waals surface area contributed by atoms with Crippen LogP contribution >= 0.6 is 0 Å². The van der Waals surface area contributed by atoms with E-state index in [-0.39, 0.29) is 0 Å². The highest BCUT2D eigenvalue weighted by Crippen LogP contribution is 2.08. The van der Waals surface area contributed by atoms with Crippen molar-refractivity contribution in [3.05, 3.63) is 47.6 Å². The number of aliphatic imine (C=N–C) groups is 1. The predicted octanol–water partition coefficient (Wildman–Crippen LogP) is 1.66. The van der Waals surface area contributed by atoms with Crippen LogP contribution in [0, 0.1) is 6.92 Å². The monoisotopic (exact) mass is 342 g/mol. The molecule has 0 aromatic carbocycles. The van der Waals surface area contributed by atoms with Gasteiger partial charge in [-0.05, 0) is 26.0 Å². The minimum atomic E-state index is 0.600. The highest BCUT2D eigenvalue weighted by molar-refractivity contribution is 5.80. The molecule has 1 aliphatic rings. The second kappa shape index (κ2) is 8.62. The molecule has 3 heterocycles. The SMILES string of the molecule is CCNC(=NCc1cccc(C)n1)N1CCN(Cc2ccon2)CC1. The lowest BCUT2D eigenvalue weighted by Gasteiger charge is -2.36. The van der Waals surface area contributed by atoms with Gasteiger partial charge in [0.05, 0.1) is 17.9 Å². The average molecular weight is 342 g/mol. The maximum atomic E-state index is 4.91. The third-order valence-corrected chi connectivity index (χ3v) is 4.22. The fraction of sp³-hybridized carbons (Fsp3) is 0.500. The minimum absolute atomic E-state index is 0.600. The summed E-state index contributed by atoms with van der Waals surface area (Å²) in [5.74, 6) is 0.965. The van der Waals surface area contributed by atoms with Crippen molar-refractivity contribution in [2.75, 3.05) is 32.7 Å². The molecule has 1 aliphatic heterocycles. The number of nitrogens with zero attached hydrogens (tertiary/aromatic N) is 5. The maximum absolute atomic E-state index is 4.91. The zero-order valence-electron chi connectivity index (χ0n) is 15.0. The first-order valence-electron chi connectivity index (χ1n) is 8.82. The van der Waals surface area contributed by atoms with Crippen molar-refractivity contribution in [3.8, 4) is 0 Å². The van der Waals surface area contributed by atoms with Gasteiger partial charge in [0.25, 0.3) is 0 Å². The van der Waals surface area contributed by atoms with E-state index in [1.165, 1.54) is 0 Å². The largest absolute Gasteiger partial charge is 0.364 e. The van der Waals surface area contributed by atoms with Crippen LogP contribution in [-0.2, 0) is 13.1 Å². The van der Waals surface area contributed by atoms with Gasteiger partial charge in [-0.15, -0.1) is 0 Å². The summed E-state index contributed by atoms with van der Waals surface area (Å²) in [4.78, 5) is 14.0. The molecule has 1 N–H and O–H groups in total. The normalized spacial score (nSPS) is 16.2. The Labute approximate surface area is 148 Å². The molecule has 2 aromatic heterocycles. The van der Waals surface area contributed by atoms with Gasteiger partial charge in [-0.1, -0.05) is 11.2 Å². The standard InChI is InChI=1S/C18H26N6O/c1-3-19-18(20-13-16-6-4-5-15(2)21-16)24-10-8-23(9-11-24)14-17-7-12-25-22-17/h4-7,12H,3,8-11,13-14H2,1-2H3,(H,19,20). The number of rotatable bonds is 5. The van der Waals surface area contributed by atoms with Crippen LogP contribution in [0.1, 0.15) is 24.0 Å². The van der Waals surface area contributed by atoms with Gasteiger partial charge in [0.2, 0.25) is 0 Å². The lowest BCUT2D eigenvalue weighted by atomic mass is 10.3. The number of pyridine rings is 1. The molecular weight excluding hydrogens is 316 g/mol. The van der Waals surface area contributed by atoms with Gasteiger partial charge in [0, 0.05) is 51.0 Å². The molecule has 0 atom stereocenters. The molecule has 0 spiro atoms. The number of hydrogen-bond donors (Lipinski definition) is 1. The maximum Gasteiger partial charge on any atom is 0.194 e. The van der Waals surface area contributed by atoms with Crippen LogP contribution < -0.4 is 5.32 Å². The van der Waals surface area contributed by atoms with Crippen LogP contribution in [0.3, 0.4) is 0 Å². The molecule has 0 unspecified atom stereocenters. The van der Waals surface area contributed by atoms with Gasteiger partial charge in [-0.25, -0.2) is 4.99 Å². The molecule has 25 heavy (non-hydrogen) atoms. The smallest absolute Gasteiger partial charge is 0.194 e. The van der Waals surface area contributed by atoms with Crippen LogP contribution in [0.25, 0.3) is 0 Å². The van der Waals surface area contributed by atoms with E-state index in [0.29, 0.717) is 6.54 Å². The highest BCUT2D eigenvalue weighted by Gasteiger charge is 2.20. The minimum Gasteiger partial charge on any atom is -0.364 e. The number of guanidine groups is 1. The van der Waals surface area contributed by atoms with Gasteiger partial charge < -0.3 is 14.7 Å². The zero-order chi connectivity index (χ0) is 17.5. The van der Waals surface area contributed by atoms with Crippen LogP contribution in [0.2, 0.25) is 0 Å². The molecule has 7 nitrogen and oxygen atoms in total. The molecule has 134 valence electrons. The summed E-state index contributed by atoms with van der Waals surface area (Å²) < 4.78 is 4.91. The Morgan fingerprint density at radius 1 is 1.20 bits per heavy atom. The van der Waals surface area contributed by atoms with Gasteiger partial charge in [-0.3, -0.25) is 9.88 Å². The molecular formula is C18H26N6O. The van der Waals surface area contributed by atoms with Crippen molar-refractivity contribution in [1.82, 2.24) is 25.3 Å². The molecule has 1 saturated heterocycles. The summed E-state index contributed by atoms with van der Waals surface area (Å²) in [6, 6.07) is 7.98. The zero-order valence-corrected chi connectivity index (χ0v) is 15.0. The van der Waals surface area contributed by atoms with Crippen LogP contribution in [0.15, 0.2) is 40.0 Å². The fourth-order valence-corrected chi connectivity index (χ4v) is 2.94. The van der Waals surface area contributed by atoms with Crippen LogP contribution in [-0.4, -0.2) is 58.6 Å². The second-order valence-corrected chi connectivity index (χ2v) is 6.19. The molecule has 0 aliphatic carbocycles. The molecule has 0 radical (unpaired) electrons. The highest BCUT2D eigenvalue weighted by atomic mass is 16.5. The first-order chi connectivity index (χ1) is 12.2. The quantitative estimate of drug-likeness (QED) is 0.658. The van der Waals surface area contributed by atoms with E-state index in [1.807, 2.05) is 31.2 Å². The molecule has 7 heteroatoms. The Morgan fingerprint density at radius 2 is 2.04 bits per heavy atom. The van der Waals surface area contributed by atoms with E-state index in [4.69, 9.17) is 9.52 Å². The van der Waals surface area contributed by atoms with Crippen molar-refractivity contribution in [2.45, 2.75) is 26.9 Å². The van der Waals surface area contributed by atoms with Gasteiger partial charge in [0.1, 0.15) is 6.26 Å². The second-order valence-electron chi connectivity index (χ2n) is 6.19. The molecule has 2 aromatic rings. The number of aryl methyl sites for hydroxylation is 1. The van der Waals surface area contributed by atoms with Gasteiger partial charge >= 0.3 is 0 Å². The Hall–Kier alpha value is -2.41. The Balaban J connectivity index is 1.56. The fourth-order valence-electron chi connectivity index (χ4n) is 2.94. The van der Waals surface area contributed by atoms with Crippen LogP contribution in [0.5, 0.6) is 0 Å². The van der Waals surface area contributed by atoms with E-state index in [0.717, 1.165) is 62.3 Å². The van der Waals surface area contributed by atoms with Crippen molar-refractivity contribution >= 4 is 5.96 Å². The molecule has 1 fully saturated rings. The van der Waals surface area contributed by atoms with Crippen molar-refractivity contribution in [1.29, 1.82) is 0 Å². The Bertz CT molecular complexity index is 677. The summed E-state index contributed by atoms with van der Waals surface area (Å²) in [6.45, 7) is 10.3. The molecule has 0 saturated carbocycles. The number of hydrogen-bond acceptors (Lipinski definition) is 5. The summed E-state index contributed by atoms with van der Waals surface area (Å²) in [7, 11) is 0. The van der Waals surface area contributed by atoms with E-state index >= 15 is 0 Å². The summed E-state index contributed by atoms with van der Waals surface area (Å²) >= 11 is 0. The van der Waals surface area contributed by atoms with Gasteiger partial charge in [-0.2, -0.15) is 0 Å². The molecule has 3 rings (SSSR count). The third-order valence-electron chi connectivity index (χ3n) is 4.22. The average Bonchev–Trinajstić information content (AvgIpc) is 3.12. The van der Waals surface area contributed by atoms with E-state index in [2.05, 4.69) is 32.2 Å². The Kier molecular flexibility index (Phi) is 6.00. The summed E-state index contributed by atoms with van der Waals surface area (Å²) in [5.41, 5.74) is 3.01. The lowest BCUT2D eigenvalue weighted by molar-refractivity contribution is 0.169. The van der Waals surface area contributed by atoms with Crippen molar-refractivity contribution < 1.29 is 4.52 Å². The summed E-state index contributed by atoms with van der Waals surface area (Å²) in [5, 5.41) is 7.39. The van der Waals surface area contributed by atoms with Crippen LogP contribution in [0.4, 0.5) is 0 Å². The van der Waals surface area contributed by atoms with E-state index in [1.54, 1.807) is 6.26 Å². The first-order valence-corrected chi connectivity index (χ1v) is 8.82. The van der Waals surface area contributed by atoms with Crippen molar-refractivity contribution in [2.24, 2.45) is 4.99 Å². The lowest BCUT2D eigenvalue weighted by Crippen LogP contribution is -2.52. The summed E-state index contributed by atoms with van der Waals surface area (Å²) in [6.07, 6.45) is 1.63. The molecule has 0 amide bonds. The molecule has 0 bridgehead atoms. The number of aromatic nitrogens is 2. The Morgan fingerprint density at radius 3 is 2.72 bits per heavy atom. The third kappa shape index (κ3) is 5.03. The first kappa shape index (κ1) is 17.4. The predicted molar refractivity (Wildman–Crippen MR) is 97.1 cm³/mol. The van der Waals surface area contributed by atoms with E-state index < -0.39 is 0 Å². The van der Waals surface area contributed by atoms with Crippen molar-refractivity contribution in [3.63, 3.8) is 0 Å².